The van der Waals surface area contributed by atoms with E-state index in [4.69, 9.17) is 4.74 Å². The predicted molar refractivity (Wildman–Crippen MR) is 116 cm³/mol. The first-order valence-electron chi connectivity index (χ1n) is 9.74. The highest BCUT2D eigenvalue weighted by atomic mass is 32.2. The number of carbonyl (C=O) groups is 1. The first-order chi connectivity index (χ1) is 14.9. The van der Waals surface area contributed by atoms with Crippen LogP contribution >= 0.6 is 11.3 Å². The Hall–Kier alpha value is -2.76. The molecule has 3 heterocycles. The molecule has 9 nitrogen and oxygen atoms in total. The third-order valence-corrected chi connectivity index (χ3v) is 7.97. The number of thiazole rings is 1. The first kappa shape index (κ1) is 21.5. The Balaban J connectivity index is 1.40. The van der Waals surface area contributed by atoms with Crippen molar-refractivity contribution in [2.45, 2.75) is 24.4 Å². The third kappa shape index (κ3) is 4.63. The van der Waals surface area contributed by atoms with E-state index in [1.807, 2.05) is 24.3 Å². The molecule has 0 bridgehead atoms. The van der Waals surface area contributed by atoms with Crippen molar-refractivity contribution in [3.63, 3.8) is 0 Å². The van der Waals surface area contributed by atoms with Gasteiger partial charge in [-0.25, -0.2) is 18.4 Å². The molecule has 4 rings (SSSR count). The quantitative estimate of drug-likeness (QED) is 0.598. The van der Waals surface area contributed by atoms with Crippen LogP contribution in [0.25, 0.3) is 0 Å². The second kappa shape index (κ2) is 8.77. The topological polar surface area (TPSA) is 106 Å². The van der Waals surface area contributed by atoms with Crippen LogP contribution in [0.1, 0.15) is 25.9 Å². The normalized spacial score (nSPS) is 14.6. The number of hydrogen-bond acceptors (Lipinski definition) is 7. The zero-order valence-corrected chi connectivity index (χ0v) is 18.9. The number of rotatable bonds is 6. The van der Waals surface area contributed by atoms with Gasteiger partial charge in [0, 0.05) is 44.2 Å². The highest BCUT2D eigenvalue weighted by Gasteiger charge is 2.30. The van der Waals surface area contributed by atoms with Crippen LogP contribution in [0, 0.1) is 0 Å². The molecule has 0 radical (unpaired) electrons. The number of hydrogen-bond donors (Lipinski definition) is 1. The molecule has 0 aliphatic carbocycles. The number of fused-ring (bicyclic) bond motifs is 1. The Bertz CT molecular complexity index is 1180. The fourth-order valence-electron chi connectivity index (χ4n) is 3.37. The van der Waals surface area contributed by atoms with Crippen molar-refractivity contribution in [3.05, 3.63) is 57.9 Å². The summed E-state index contributed by atoms with van der Waals surface area (Å²) in [5.74, 6) is 0.497. The molecule has 1 amide bonds. The summed E-state index contributed by atoms with van der Waals surface area (Å²) in [5, 5.41) is 3.33. The monoisotopic (exact) mass is 461 g/mol. The second-order valence-electron chi connectivity index (χ2n) is 7.20. The van der Waals surface area contributed by atoms with Gasteiger partial charge < -0.3 is 14.6 Å². The minimum Gasteiger partial charge on any atom is -0.497 e. The van der Waals surface area contributed by atoms with Crippen LogP contribution in [0.4, 0.5) is 0 Å². The van der Waals surface area contributed by atoms with Gasteiger partial charge in [0.1, 0.15) is 5.75 Å². The lowest BCUT2D eigenvalue weighted by molar-refractivity contribution is 0.0950. The number of methoxy groups -OCH3 is 1. The third-order valence-electron chi connectivity index (χ3n) is 5.03. The molecule has 0 unspecified atom stereocenters. The number of carbonyl (C=O) groups excluding carboxylic acids is 1. The summed E-state index contributed by atoms with van der Waals surface area (Å²) in [7, 11) is -0.310. The lowest BCUT2D eigenvalue weighted by Crippen LogP contribution is -2.33. The Labute approximate surface area is 184 Å². The van der Waals surface area contributed by atoms with Crippen molar-refractivity contribution >= 4 is 27.3 Å². The average molecular weight is 462 g/mol. The minimum absolute atomic E-state index is 0.0471. The van der Waals surface area contributed by atoms with Crippen molar-refractivity contribution in [1.82, 2.24) is 24.2 Å². The molecule has 0 fully saturated rings. The average Bonchev–Trinajstić information content (AvgIpc) is 3.33. The van der Waals surface area contributed by atoms with Gasteiger partial charge in [-0.15, -0.1) is 11.3 Å². The number of ether oxygens (including phenoxy) is 1. The molecule has 1 aliphatic heterocycles. The van der Waals surface area contributed by atoms with E-state index in [0.717, 1.165) is 21.9 Å². The molecule has 1 aromatic carbocycles. The molecule has 11 heteroatoms. The van der Waals surface area contributed by atoms with Gasteiger partial charge in [-0.05, 0) is 24.1 Å². The molecule has 1 N–H and O–H groups in total. The largest absolute Gasteiger partial charge is 0.497 e. The molecule has 0 spiro atoms. The van der Waals surface area contributed by atoms with Crippen molar-refractivity contribution in [1.29, 1.82) is 0 Å². The van der Waals surface area contributed by atoms with E-state index < -0.39 is 10.0 Å². The molecule has 2 aromatic heterocycles. The van der Waals surface area contributed by atoms with Gasteiger partial charge >= 0.3 is 0 Å². The molecule has 31 heavy (non-hydrogen) atoms. The lowest BCUT2D eigenvalue weighted by atomic mass is 10.2. The summed E-state index contributed by atoms with van der Waals surface area (Å²) in [4.78, 5) is 22.0. The number of aromatic nitrogens is 3. The van der Waals surface area contributed by atoms with Crippen molar-refractivity contribution in [2.24, 2.45) is 7.05 Å². The fraction of sp³-hybridized carbons (Fsp3) is 0.350. The van der Waals surface area contributed by atoms with Gasteiger partial charge in [0.25, 0.3) is 15.9 Å². The smallest absolute Gasteiger partial charge is 0.280 e. The molecule has 3 aromatic rings. The number of sulfonamides is 1. The number of aryl methyl sites for hydroxylation is 1. The van der Waals surface area contributed by atoms with Gasteiger partial charge in [-0.2, -0.15) is 4.31 Å². The van der Waals surface area contributed by atoms with Crippen LogP contribution in [0.15, 0.2) is 41.8 Å². The molecule has 164 valence electrons. The summed E-state index contributed by atoms with van der Waals surface area (Å²) < 4.78 is 33.9. The SMILES string of the molecule is COc1cccc(CNC(=O)c2nc3c(s2)CCN(S(=O)(=O)c2cn(C)cn2)CC3)c1. The highest BCUT2D eigenvalue weighted by Crippen LogP contribution is 2.25. The van der Waals surface area contributed by atoms with Gasteiger partial charge in [0.15, 0.2) is 10.0 Å². The van der Waals surface area contributed by atoms with Crippen LogP contribution in [-0.2, 0) is 36.5 Å². The number of amides is 1. The maximum atomic E-state index is 12.8. The maximum absolute atomic E-state index is 12.8. The van der Waals surface area contributed by atoms with E-state index in [1.54, 1.807) is 18.7 Å². The zero-order valence-electron chi connectivity index (χ0n) is 17.2. The summed E-state index contributed by atoms with van der Waals surface area (Å²) in [6.45, 7) is 1.01. The lowest BCUT2D eigenvalue weighted by Gasteiger charge is -2.18. The molecule has 0 saturated carbocycles. The van der Waals surface area contributed by atoms with Crippen molar-refractivity contribution in [3.8, 4) is 5.75 Å². The van der Waals surface area contributed by atoms with Crippen LogP contribution in [0.3, 0.4) is 0 Å². The number of benzene rings is 1. The Kier molecular flexibility index (Phi) is 6.08. The van der Waals surface area contributed by atoms with E-state index in [9.17, 15) is 13.2 Å². The van der Waals surface area contributed by atoms with Gasteiger partial charge in [0.05, 0.1) is 19.1 Å². The molecule has 1 aliphatic rings. The number of nitrogens with zero attached hydrogens (tertiary/aromatic N) is 4. The summed E-state index contributed by atoms with van der Waals surface area (Å²) in [5.41, 5.74) is 1.72. The number of imidazole rings is 1. The van der Waals surface area contributed by atoms with Crippen molar-refractivity contribution in [2.75, 3.05) is 20.2 Å². The van der Waals surface area contributed by atoms with Crippen LogP contribution < -0.4 is 10.1 Å². The number of nitrogens with one attached hydrogen (secondary N) is 1. The van der Waals surface area contributed by atoms with Gasteiger partial charge in [-0.3, -0.25) is 4.79 Å². The maximum Gasteiger partial charge on any atom is 0.280 e. The van der Waals surface area contributed by atoms with Gasteiger partial charge in [-0.1, -0.05) is 12.1 Å². The fourth-order valence-corrected chi connectivity index (χ4v) is 5.80. The highest BCUT2D eigenvalue weighted by molar-refractivity contribution is 7.89. The molecular formula is C20H23N5O4S2. The van der Waals surface area contributed by atoms with E-state index in [-0.39, 0.29) is 10.9 Å². The van der Waals surface area contributed by atoms with Crippen molar-refractivity contribution < 1.29 is 17.9 Å². The zero-order chi connectivity index (χ0) is 22.0. The minimum atomic E-state index is -3.64. The van der Waals surface area contributed by atoms with E-state index >= 15 is 0 Å². The van der Waals surface area contributed by atoms with E-state index in [0.29, 0.717) is 37.5 Å². The molecular weight excluding hydrogens is 438 g/mol. The van der Waals surface area contributed by atoms with E-state index in [2.05, 4.69) is 15.3 Å². The van der Waals surface area contributed by atoms with Crippen LogP contribution in [0.5, 0.6) is 5.75 Å². The van der Waals surface area contributed by atoms with Crippen LogP contribution in [0.2, 0.25) is 0 Å². The Morgan fingerprint density at radius 3 is 2.84 bits per heavy atom. The molecule has 0 saturated heterocycles. The summed E-state index contributed by atoms with van der Waals surface area (Å²) in [6.07, 6.45) is 3.95. The first-order valence-corrected chi connectivity index (χ1v) is 12.0. The summed E-state index contributed by atoms with van der Waals surface area (Å²) >= 11 is 1.32. The Morgan fingerprint density at radius 2 is 2.10 bits per heavy atom. The van der Waals surface area contributed by atoms with Gasteiger partial charge in [0.2, 0.25) is 0 Å². The predicted octanol–water partition coefficient (Wildman–Crippen LogP) is 1.60. The second-order valence-corrected chi connectivity index (χ2v) is 10.2. The molecule has 0 atom stereocenters. The van der Waals surface area contributed by atoms with Crippen LogP contribution in [-0.4, -0.2) is 53.4 Å². The standard InChI is InChI=1S/C20H23N5O4S2/c1-24-12-18(22-13-24)31(27,28)25-8-6-16-17(7-9-25)30-20(23-16)19(26)21-11-14-4-3-5-15(10-14)29-2/h3-5,10,12-13H,6-9,11H2,1-2H3,(H,21,26). The Morgan fingerprint density at radius 1 is 1.29 bits per heavy atom. The summed E-state index contributed by atoms with van der Waals surface area (Å²) in [6, 6.07) is 7.50. The van der Waals surface area contributed by atoms with E-state index in [1.165, 1.54) is 28.2 Å².